The number of likely N-dealkylation sites (tertiary alicyclic amines) is 2. The smallest absolute Gasteiger partial charge is 0.254 e. The summed E-state index contributed by atoms with van der Waals surface area (Å²) in [5, 5.41) is 10.2. The summed E-state index contributed by atoms with van der Waals surface area (Å²) < 4.78 is 0. The Balaban J connectivity index is 1.43. The lowest BCUT2D eigenvalue weighted by atomic mass is 9.60. The fourth-order valence-corrected chi connectivity index (χ4v) is 5.12. The Morgan fingerprint density at radius 2 is 1.73 bits per heavy atom. The molecule has 2 saturated heterocycles. The van der Waals surface area contributed by atoms with Gasteiger partial charge >= 0.3 is 0 Å². The molecule has 152 valence electrons. The Morgan fingerprint density at radius 1 is 1.00 bits per heavy atom. The lowest BCUT2D eigenvalue weighted by Gasteiger charge is -2.70. The van der Waals surface area contributed by atoms with E-state index in [4.69, 9.17) is 0 Å². The molecule has 0 unspecified atom stereocenters. The van der Waals surface area contributed by atoms with Crippen molar-refractivity contribution in [3.63, 3.8) is 0 Å². The van der Waals surface area contributed by atoms with Gasteiger partial charge in [0.2, 0.25) is 0 Å². The van der Waals surface area contributed by atoms with E-state index in [1.54, 1.807) is 30.7 Å². The number of aromatic nitrogens is 2. The maximum absolute atomic E-state index is 12.9. The highest BCUT2D eigenvalue weighted by molar-refractivity contribution is 5.95. The van der Waals surface area contributed by atoms with E-state index in [0.717, 1.165) is 5.69 Å². The Hall–Kier alpha value is -3.09. The first kappa shape index (κ1) is 18.9. The number of rotatable bonds is 5. The van der Waals surface area contributed by atoms with Crippen LogP contribution in [-0.2, 0) is 6.54 Å². The van der Waals surface area contributed by atoms with Crippen molar-refractivity contribution in [3.05, 3.63) is 96.1 Å². The van der Waals surface area contributed by atoms with Crippen molar-refractivity contribution in [3.8, 4) is 0 Å². The molecule has 1 aromatic carbocycles. The summed E-state index contributed by atoms with van der Waals surface area (Å²) in [6.45, 7) is 2.01. The van der Waals surface area contributed by atoms with Gasteiger partial charge in [-0.3, -0.25) is 19.7 Å². The molecule has 0 radical (unpaired) electrons. The highest BCUT2D eigenvalue weighted by Gasteiger charge is 2.66. The summed E-state index contributed by atoms with van der Waals surface area (Å²) in [6.07, 6.45) is 5.09. The zero-order valence-corrected chi connectivity index (χ0v) is 16.6. The normalized spacial score (nSPS) is 22.4. The van der Waals surface area contributed by atoms with Crippen LogP contribution in [0.1, 0.15) is 27.5 Å². The van der Waals surface area contributed by atoms with Gasteiger partial charge in [0.05, 0.1) is 17.8 Å². The van der Waals surface area contributed by atoms with Gasteiger partial charge in [-0.05, 0) is 29.8 Å². The van der Waals surface area contributed by atoms with Crippen molar-refractivity contribution in [1.29, 1.82) is 0 Å². The van der Waals surface area contributed by atoms with Gasteiger partial charge in [0.15, 0.2) is 0 Å². The number of benzene rings is 1. The molecule has 5 rings (SSSR count). The molecule has 4 heterocycles. The second-order valence-corrected chi connectivity index (χ2v) is 8.09. The van der Waals surface area contributed by atoms with Gasteiger partial charge in [-0.25, -0.2) is 0 Å². The SMILES string of the molecule is O=C(c1ccncc1)N1CC2(C1)[C@H](c1ccccc1)[C@@H](CO)N2Cc1ccccn1. The summed E-state index contributed by atoms with van der Waals surface area (Å²) >= 11 is 0. The number of aliphatic hydroxyl groups is 1. The molecular weight excluding hydrogens is 376 g/mol. The number of pyridine rings is 2. The van der Waals surface area contributed by atoms with Crippen LogP contribution in [0.25, 0.3) is 0 Å². The third kappa shape index (κ3) is 3.00. The molecule has 0 saturated carbocycles. The van der Waals surface area contributed by atoms with Gasteiger partial charge < -0.3 is 10.0 Å². The predicted molar refractivity (Wildman–Crippen MR) is 113 cm³/mol. The van der Waals surface area contributed by atoms with Crippen LogP contribution >= 0.6 is 0 Å². The fourth-order valence-electron chi connectivity index (χ4n) is 5.12. The molecule has 6 heteroatoms. The zero-order chi connectivity index (χ0) is 20.6. The second kappa shape index (κ2) is 7.63. The number of carbonyl (C=O) groups excluding carboxylic acids is 1. The number of hydrogen-bond acceptors (Lipinski definition) is 5. The van der Waals surface area contributed by atoms with Crippen LogP contribution in [0.15, 0.2) is 79.3 Å². The summed E-state index contributed by atoms with van der Waals surface area (Å²) in [5.41, 5.74) is 2.66. The quantitative estimate of drug-likeness (QED) is 0.712. The van der Waals surface area contributed by atoms with Crippen LogP contribution in [0.3, 0.4) is 0 Å². The second-order valence-electron chi connectivity index (χ2n) is 8.09. The van der Waals surface area contributed by atoms with E-state index in [-0.39, 0.29) is 30.0 Å². The minimum atomic E-state index is -0.186. The highest BCUT2D eigenvalue weighted by atomic mass is 16.3. The van der Waals surface area contributed by atoms with Crippen LogP contribution in [-0.4, -0.2) is 62.1 Å². The molecule has 1 N–H and O–H groups in total. The van der Waals surface area contributed by atoms with Gasteiger partial charge in [0.1, 0.15) is 0 Å². The molecule has 2 aliphatic rings. The molecule has 1 amide bonds. The molecule has 2 aliphatic heterocycles. The number of nitrogens with zero attached hydrogens (tertiary/aromatic N) is 4. The summed E-state index contributed by atoms with van der Waals surface area (Å²) in [6, 6.07) is 19.8. The van der Waals surface area contributed by atoms with Crippen LogP contribution in [0.5, 0.6) is 0 Å². The van der Waals surface area contributed by atoms with E-state index in [2.05, 4.69) is 27.0 Å². The van der Waals surface area contributed by atoms with Crippen molar-refractivity contribution < 1.29 is 9.90 Å². The topological polar surface area (TPSA) is 69.6 Å². The van der Waals surface area contributed by atoms with E-state index in [9.17, 15) is 9.90 Å². The summed E-state index contributed by atoms with van der Waals surface area (Å²) in [7, 11) is 0. The Labute approximate surface area is 175 Å². The monoisotopic (exact) mass is 400 g/mol. The van der Waals surface area contributed by atoms with E-state index >= 15 is 0 Å². The van der Waals surface area contributed by atoms with Crippen molar-refractivity contribution in [2.75, 3.05) is 19.7 Å². The summed E-state index contributed by atoms with van der Waals surface area (Å²) in [5.74, 6) is 0.203. The molecule has 0 bridgehead atoms. The molecular formula is C24H24N4O2. The van der Waals surface area contributed by atoms with Gasteiger partial charge in [0.25, 0.3) is 5.91 Å². The molecule has 1 spiro atoms. The van der Waals surface area contributed by atoms with E-state index < -0.39 is 0 Å². The zero-order valence-electron chi connectivity index (χ0n) is 16.6. The third-order valence-electron chi connectivity index (χ3n) is 6.48. The van der Waals surface area contributed by atoms with Gasteiger partial charge in [-0.1, -0.05) is 36.4 Å². The Bertz CT molecular complexity index is 1010. The largest absolute Gasteiger partial charge is 0.395 e. The standard InChI is InChI=1S/C24H24N4O2/c29-15-21-22(18-6-2-1-3-7-18)24(28(21)14-20-8-4-5-11-26-20)16-27(17-24)23(30)19-9-12-25-13-10-19/h1-13,21-22,29H,14-17H2/t21-,22-/m1/s1. The van der Waals surface area contributed by atoms with Crippen molar-refractivity contribution in [2.24, 2.45) is 0 Å². The van der Waals surface area contributed by atoms with E-state index in [0.29, 0.717) is 25.2 Å². The molecule has 2 aromatic heterocycles. The van der Waals surface area contributed by atoms with Gasteiger partial charge in [-0.2, -0.15) is 0 Å². The minimum Gasteiger partial charge on any atom is -0.395 e. The molecule has 3 aromatic rings. The Kier molecular flexibility index (Phi) is 4.81. The van der Waals surface area contributed by atoms with Crippen LogP contribution < -0.4 is 0 Å². The Morgan fingerprint density at radius 3 is 2.40 bits per heavy atom. The number of aliphatic hydroxyl groups excluding tert-OH is 1. The molecule has 2 fully saturated rings. The van der Waals surface area contributed by atoms with Crippen LogP contribution in [0.4, 0.5) is 0 Å². The lowest BCUT2D eigenvalue weighted by molar-refractivity contribution is -0.184. The average Bonchev–Trinajstić information content (AvgIpc) is 2.77. The molecule has 2 atom stereocenters. The molecule has 30 heavy (non-hydrogen) atoms. The average molecular weight is 400 g/mol. The van der Waals surface area contributed by atoms with Crippen molar-refractivity contribution in [2.45, 2.75) is 24.0 Å². The van der Waals surface area contributed by atoms with E-state index in [1.165, 1.54) is 5.56 Å². The molecule has 0 aliphatic carbocycles. The fraction of sp³-hybridized carbons (Fsp3) is 0.292. The highest BCUT2D eigenvalue weighted by Crippen LogP contribution is 2.54. The van der Waals surface area contributed by atoms with Crippen molar-refractivity contribution in [1.82, 2.24) is 19.8 Å². The number of carbonyl (C=O) groups is 1. The number of amides is 1. The first-order chi connectivity index (χ1) is 14.7. The van der Waals surface area contributed by atoms with Gasteiger partial charge in [-0.15, -0.1) is 0 Å². The first-order valence-electron chi connectivity index (χ1n) is 10.2. The maximum Gasteiger partial charge on any atom is 0.254 e. The third-order valence-corrected chi connectivity index (χ3v) is 6.48. The molecule has 6 nitrogen and oxygen atoms in total. The predicted octanol–water partition coefficient (Wildman–Crippen LogP) is 2.33. The minimum absolute atomic E-state index is 0.00702. The number of hydrogen-bond donors (Lipinski definition) is 1. The maximum atomic E-state index is 12.9. The van der Waals surface area contributed by atoms with E-state index in [1.807, 2.05) is 41.3 Å². The summed E-state index contributed by atoms with van der Waals surface area (Å²) in [4.78, 5) is 25.6. The first-order valence-corrected chi connectivity index (χ1v) is 10.2. The van der Waals surface area contributed by atoms with Crippen LogP contribution in [0, 0.1) is 0 Å². The van der Waals surface area contributed by atoms with Crippen LogP contribution in [0.2, 0.25) is 0 Å². The van der Waals surface area contributed by atoms with Gasteiger partial charge in [0, 0.05) is 55.7 Å². The lowest BCUT2D eigenvalue weighted by Crippen LogP contribution is -2.84. The van der Waals surface area contributed by atoms with Crippen molar-refractivity contribution >= 4 is 5.91 Å².